The molecule has 5 nitrogen and oxygen atoms in total. The highest BCUT2D eigenvalue weighted by Gasteiger charge is 2.14. The fraction of sp³-hybridized carbons (Fsp3) is 0.200. The van der Waals surface area contributed by atoms with Crippen molar-refractivity contribution < 1.29 is 18.3 Å². The van der Waals surface area contributed by atoms with Gasteiger partial charge in [0.1, 0.15) is 11.5 Å². The van der Waals surface area contributed by atoms with Gasteiger partial charge in [-0.05, 0) is 43.3 Å². The fourth-order valence-electron chi connectivity index (χ4n) is 1.63. The second-order valence-electron chi connectivity index (χ2n) is 4.59. The first-order valence-corrected chi connectivity index (χ1v) is 7.96. The maximum absolute atomic E-state index is 11.9. The maximum Gasteiger partial charge on any atom is 0.240 e. The van der Waals surface area contributed by atoms with Gasteiger partial charge in [0.2, 0.25) is 10.0 Å². The Morgan fingerprint density at radius 2 is 1.62 bits per heavy atom. The number of hydrogen-bond donors (Lipinski definition) is 2. The van der Waals surface area contributed by atoms with Gasteiger partial charge in [0.15, 0.2) is 0 Å². The molecule has 2 N–H and O–H groups in total. The minimum absolute atomic E-state index is 0.0232. The van der Waals surface area contributed by atoms with Crippen LogP contribution in [0.15, 0.2) is 59.5 Å². The molecule has 0 aliphatic carbocycles. The molecule has 0 fully saturated rings. The number of rotatable bonds is 6. The van der Waals surface area contributed by atoms with E-state index in [9.17, 15) is 8.42 Å². The van der Waals surface area contributed by atoms with E-state index < -0.39 is 16.1 Å². The van der Waals surface area contributed by atoms with Crippen molar-refractivity contribution >= 4 is 10.0 Å². The molecule has 0 aliphatic heterocycles. The molecule has 0 amide bonds. The van der Waals surface area contributed by atoms with Crippen LogP contribution in [0.25, 0.3) is 0 Å². The predicted molar refractivity (Wildman–Crippen MR) is 79.8 cm³/mol. The number of para-hydroxylation sites is 1. The van der Waals surface area contributed by atoms with Crippen LogP contribution in [0.2, 0.25) is 0 Å². The van der Waals surface area contributed by atoms with Crippen molar-refractivity contribution in [1.82, 2.24) is 4.72 Å². The Morgan fingerprint density at radius 3 is 2.19 bits per heavy atom. The average Bonchev–Trinajstić information content (AvgIpc) is 2.47. The monoisotopic (exact) mass is 307 g/mol. The zero-order chi connectivity index (χ0) is 15.3. The van der Waals surface area contributed by atoms with Gasteiger partial charge in [0.25, 0.3) is 0 Å². The van der Waals surface area contributed by atoms with Crippen LogP contribution in [0.3, 0.4) is 0 Å². The molecule has 1 atom stereocenters. The van der Waals surface area contributed by atoms with Crippen LogP contribution in [-0.2, 0) is 10.0 Å². The molecule has 112 valence electrons. The Balaban J connectivity index is 2.08. The van der Waals surface area contributed by atoms with E-state index in [0.29, 0.717) is 11.5 Å². The highest BCUT2D eigenvalue weighted by molar-refractivity contribution is 7.89. The topological polar surface area (TPSA) is 75.6 Å². The van der Waals surface area contributed by atoms with Crippen molar-refractivity contribution in [3.05, 3.63) is 54.6 Å². The predicted octanol–water partition coefficient (Wildman–Crippen LogP) is 2.14. The quantitative estimate of drug-likeness (QED) is 0.857. The molecule has 0 saturated carbocycles. The van der Waals surface area contributed by atoms with Crippen molar-refractivity contribution in [2.45, 2.75) is 17.9 Å². The molecule has 0 spiro atoms. The molecule has 2 aromatic carbocycles. The lowest BCUT2D eigenvalue weighted by molar-refractivity contribution is 0.198. The van der Waals surface area contributed by atoms with Gasteiger partial charge >= 0.3 is 0 Å². The first-order chi connectivity index (χ1) is 9.97. The number of ether oxygens (including phenoxy) is 1. The zero-order valence-electron chi connectivity index (χ0n) is 11.6. The Kier molecular flexibility index (Phi) is 4.95. The van der Waals surface area contributed by atoms with Gasteiger partial charge in [-0.3, -0.25) is 0 Å². The molecule has 0 heterocycles. The van der Waals surface area contributed by atoms with Gasteiger partial charge in [0, 0.05) is 6.54 Å². The minimum atomic E-state index is -3.61. The number of benzene rings is 2. The van der Waals surface area contributed by atoms with Gasteiger partial charge in [-0.1, -0.05) is 18.2 Å². The molecule has 0 saturated heterocycles. The standard InChI is InChI=1S/C15H17NO4S/c1-12(17)11-16-21(18,19)15-9-7-14(8-10-15)20-13-5-3-2-4-6-13/h2-10,12,16-17H,11H2,1H3. The SMILES string of the molecule is CC(O)CNS(=O)(=O)c1ccc(Oc2ccccc2)cc1. The molecular weight excluding hydrogens is 290 g/mol. The van der Waals surface area contributed by atoms with Crippen LogP contribution in [-0.4, -0.2) is 26.2 Å². The van der Waals surface area contributed by atoms with Crippen molar-refractivity contribution in [3.63, 3.8) is 0 Å². The lowest BCUT2D eigenvalue weighted by Gasteiger charge is -2.09. The molecule has 2 rings (SSSR count). The molecular formula is C15H17NO4S. The molecule has 2 aromatic rings. The van der Waals surface area contributed by atoms with E-state index in [4.69, 9.17) is 9.84 Å². The summed E-state index contributed by atoms with van der Waals surface area (Å²) in [4.78, 5) is 0.128. The summed E-state index contributed by atoms with van der Waals surface area (Å²) in [5, 5.41) is 9.12. The van der Waals surface area contributed by atoms with Gasteiger partial charge in [0.05, 0.1) is 11.0 Å². The maximum atomic E-state index is 11.9. The van der Waals surface area contributed by atoms with Crippen molar-refractivity contribution in [2.75, 3.05) is 6.54 Å². The molecule has 0 aliphatic rings. The summed E-state index contributed by atoms with van der Waals surface area (Å²) in [5.41, 5.74) is 0. The molecule has 6 heteroatoms. The Hall–Kier alpha value is -1.89. The summed E-state index contributed by atoms with van der Waals surface area (Å²) >= 11 is 0. The van der Waals surface area contributed by atoms with Gasteiger partial charge in [-0.2, -0.15) is 0 Å². The second-order valence-corrected chi connectivity index (χ2v) is 6.35. The van der Waals surface area contributed by atoms with Crippen LogP contribution < -0.4 is 9.46 Å². The smallest absolute Gasteiger partial charge is 0.240 e. The highest BCUT2D eigenvalue weighted by Crippen LogP contribution is 2.22. The third-order valence-electron chi connectivity index (χ3n) is 2.68. The number of sulfonamides is 1. The van der Waals surface area contributed by atoms with Crippen LogP contribution in [0, 0.1) is 0 Å². The van der Waals surface area contributed by atoms with Crippen molar-refractivity contribution in [3.8, 4) is 11.5 Å². The highest BCUT2D eigenvalue weighted by atomic mass is 32.2. The van der Waals surface area contributed by atoms with Gasteiger partial charge in [-0.25, -0.2) is 13.1 Å². The third-order valence-corrected chi connectivity index (χ3v) is 4.12. The largest absolute Gasteiger partial charge is 0.457 e. The molecule has 0 aromatic heterocycles. The lowest BCUT2D eigenvalue weighted by Crippen LogP contribution is -2.30. The van der Waals surface area contributed by atoms with E-state index in [0.717, 1.165) is 0 Å². The fourth-order valence-corrected chi connectivity index (χ4v) is 2.75. The van der Waals surface area contributed by atoms with Crippen molar-refractivity contribution in [1.29, 1.82) is 0 Å². The normalized spacial score (nSPS) is 12.9. The Bertz CT molecular complexity index is 667. The Labute approximate surface area is 124 Å². The van der Waals surface area contributed by atoms with Crippen LogP contribution >= 0.6 is 0 Å². The minimum Gasteiger partial charge on any atom is -0.457 e. The number of aliphatic hydroxyl groups excluding tert-OH is 1. The second kappa shape index (κ2) is 6.71. The summed E-state index contributed by atoms with van der Waals surface area (Å²) < 4.78 is 31.8. The van der Waals surface area contributed by atoms with E-state index in [2.05, 4.69) is 4.72 Å². The van der Waals surface area contributed by atoms with Gasteiger partial charge in [-0.15, -0.1) is 0 Å². The van der Waals surface area contributed by atoms with E-state index in [1.54, 1.807) is 12.1 Å². The molecule has 1 unspecified atom stereocenters. The third kappa shape index (κ3) is 4.56. The summed E-state index contributed by atoms with van der Waals surface area (Å²) in [5.74, 6) is 1.23. The molecule has 0 radical (unpaired) electrons. The summed E-state index contributed by atoms with van der Waals surface area (Å²) in [6.45, 7) is 1.49. The summed E-state index contributed by atoms with van der Waals surface area (Å²) in [7, 11) is -3.61. The molecule has 21 heavy (non-hydrogen) atoms. The van der Waals surface area contributed by atoms with E-state index in [-0.39, 0.29) is 11.4 Å². The lowest BCUT2D eigenvalue weighted by atomic mass is 10.3. The number of hydrogen-bond acceptors (Lipinski definition) is 4. The van der Waals surface area contributed by atoms with Crippen LogP contribution in [0.4, 0.5) is 0 Å². The van der Waals surface area contributed by atoms with E-state index in [1.165, 1.54) is 19.1 Å². The summed E-state index contributed by atoms with van der Waals surface area (Å²) in [6.07, 6.45) is -0.736. The molecule has 0 bridgehead atoms. The van der Waals surface area contributed by atoms with Crippen molar-refractivity contribution in [2.24, 2.45) is 0 Å². The Morgan fingerprint density at radius 1 is 1.05 bits per heavy atom. The van der Waals surface area contributed by atoms with E-state index in [1.807, 2.05) is 30.3 Å². The summed E-state index contributed by atoms with van der Waals surface area (Å²) in [6, 6.07) is 15.3. The van der Waals surface area contributed by atoms with Gasteiger partial charge < -0.3 is 9.84 Å². The zero-order valence-corrected chi connectivity index (χ0v) is 12.4. The first-order valence-electron chi connectivity index (χ1n) is 6.48. The first kappa shape index (κ1) is 15.5. The van der Waals surface area contributed by atoms with Crippen LogP contribution in [0.5, 0.6) is 11.5 Å². The average molecular weight is 307 g/mol. The number of aliphatic hydroxyl groups is 1. The van der Waals surface area contributed by atoms with E-state index >= 15 is 0 Å². The van der Waals surface area contributed by atoms with Crippen LogP contribution in [0.1, 0.15) is 6.92 Å². The number of nitrogens with one attached hydrogen (secondary N) is 1.